The van der Waals surface area contributed by atoms with Gasteiger partial charge in [-0.25, -0.2) is 4.79 Å². The van der Waals surface area contributed by atoms with Crippen LogP contribution >= 0.6 is 0 Å². The van der Waals surface area contributed by atoms with Crippen LogP contribution in [-0.2, 0) is 19.1 Å². The molecule has 1 rings (SSSR count). The van der Waals surface area contributed by atoms with Crippen molar-refractivity contribution in [1.29, 1.82) is 0 Å². The minimum absolute atomic E-state index is 0.00860. The number of ether oxygens (including phenoxy) is 1. The number of hydrogen-bond donors (Lipinski definition) is 1. The van der Waals surface area contributed by atoms with Crippen molar-refractivity contribution < 1.29 is 19.1 Å². The van der Waals surface area contributed by atoms with Crippen LogP contribution in [0.5, 0.6) is 0 Å². The molecule has 0 aromatic rings. The average Bonchev–Trinajstić information content (AvgIpc) is 3.54. The molecule has 298 valence electrons. The van der Waals surface area contributed by atoms with Crippen LogP contribution in [0.4, 0.5) is 0 Å². The number of hydrogen-bond acceptors (Lipinski definition) is 5. The fourth-order valence-corrected chi connectivity index (χ4v) is 6.59. The number of unbranched alkanes of at least 4 members (excludes halogenated alkanes) is 17. The molecule has 0 saturated carbocycles. The Bertz CT molecular complexity index is 1020. The standard InChI is InChI=1S/C45H79N3O4/c1-5-7-9-11-13-15-17-19-21-23-25-27-29-31-33-35-37-52-45(51)42-38-41(46-43(49)40-47(3)4)39-48(42)44(50)36-34-32-30-28-26-24-22-20-18-16-14-12-10-8-6-2/h13-16,19-22,41-42H,5-12,17-18,23-40H2,1-4H3,(H,46,49)/b15-13-,16-14-,21-19-,22-20-/t41-,42+/m1/s1. The zero-order valence-electron chi connectivity index (χ0n) is 34.1. The van der Waals surface area contributed by atoms with Gasteiger partial charge in [-0.3, -0.25) is 9.59 Å². The van der Waals surface area contributed by atoms with Crippen molar-refractivity contribution in [2.45, 2.75) is 186 Å². The van der Waals surface area contributed by atoms with Crippen LogP contribution in [0.3, 0.4) is 0 Å². The summed E-state index contributed by atoms with van der Waals surface area (Å²) in [5.41, 5.74) is 0. The molecule has 1 fully saturated rings. The number of esters is 1. The van der Waals surface area contributed by atoms with Gasteiger partial charge in [0, 0.05) is 25.4 Å². The second-order valence-electron chi connectivity index (χ2n) is 15.0. The van der Waals surface area contributed by atoms with Gasteiger partial charge in [-0.15, -0.1) is 0 Å². The summed E-state index contributed by atoms with van der Waals surface area (Å²) in [4.78, 5) is 42.4. The molecule has 1 aliphatic rings. The minimum Gasteiger partial charge on any atom is -0.464 e. The topological polar surface area (TPSA) is 79.0 Å². The van der Waals surface area contributed by atoms with Crippen LogP contribution in [0.25, 0.3) is 0 Å². The van der Waals surface area contributed by atoms with Gasteiger partial charge in [0.05, 0.1) is 13.2 Å². The summed E-state index contributed by atoms with van der Waals surface area (Å²) >= 11 is 0. The summed E-state index contributed by atoms with van der Waals surface area (Å²) in [7, 11) is 3.70. The highest BCUT2D eigenvalue weighted by atomic mass is 16.5. The van der Waals surface area contributed by atoms with Crippen molar-refractivity contribution in [3.05, 3.63) is 48.6 Å². The van der Waals surface area contributed by atoms with Gasteiger partial charge in [0.1, 0.15) is 6.04 Å². The molecule has 2 atom stereocenters. The number of rotatable bonds is 33. The zero-order valence-corrected chi connectivity index (χ0v) is 34.1. The molecule has 0 spiro atoms. The molecular formula is C45H79N3O4. The number of likely N-dealkylation sites (N-methyl/N-ethyl adjacent to an activating group) is 1. The predicted molar refractivity (Wildman–Crippen MR) is 220 cm³/mol. The number of nitrogens with one attached hydrogen (secondary N) is 1. The van der Waals surface area contributed by atoms with Crippen LogP contribution in [0.15, 0.2) is 48.6 Å². The van der Waals surface area contributed by atoms with E-state index in [0.717, 1.165) is 64.2 Å². The van der Waals surface area contributed by atoms with Crippen molar-refractivity contribution in [2.24, 2.45) is 0 Å². The molecule has 1 aliphatic heterocycles. The summed E-state index contributed by atoms with van der Waals surface area (Å²) < 4.78 is 5.70. The molecule has 7 heteroatoms. The molecule has 52 heavy (non-hydrogen) atoms. The van der Waals surface area contributed by atoms with E-state index in [9.17, 15) is 14.4 Å². The maximum Gasteiger partial charge on any atom is 0.328 e. The van der Waals surface area contributed by atoms with Gasteiger partial charge in [0.25, 0.3) is 0 Å². The Morgan fingerprint density at radius 2 is 1.10 bits per heavy atom. The third-order valence-corrected chi connectivity index (χ3v) is 9.65. The molecule has 0 aliphatic carbocycles. The van der Waals surface area contributed by atoms with E-state index in [-0.39, 0.29) is 30.4 Å². The number of nitrogens with zero attached hydrogens (tertiary/aromatic N) is 2. The number of likely N-dealkylation sites (tertiary alicyclic amines) is 1. The first kappa shape index (κ1) is 47.4. The Hall–Kier alpha value is -2.67. The number of carbonyl (C=O) groups is 3. The first-order valence-corrected chi connectivity index (χ1v) is 21.4. The van der Waals surface area contributed by atoms with Crippen molar-refractivity contribution in [1.82, 2.24) is 15.1 Å². The number of amides is 2. The molecule has 0 aromatic heterocycles. The van der Waals surface area contributed by atoms with E-state index in [1.54, 1.807) is 4.90 Å². The molecule has 0 bridgehead atoms. The summed E-state index contributed by atoms with van der Waals surface area (Å²) in [6.07, 6.45) is 45.6. The maximum absolute atomic E-state index is 13.3. The maximum atomic E-state index is 13.3. The van der Waals surface area contributed by atoms with Gasteiger partial charge in [-0.05, 0) is 91.1 Å². The summed E-state index contributed by atoms with van der Waals surface area (Å²) in [5, 5.41) is 3.03. The van der Waals surface area contributed by atoms with Gasteiger partial charge in [0.15, 0.2) is 0 Å². The first-order chi connectivity index (χ1) is 25.4. The normalized spacial score (nSPS) is 16.4. The van der Waals surface area contributed by atoms with Gasteiger partial charge in [-0.1, -0.05) is 133 Å². The van der Waals surface area contributed by atoms with Gasteiger partial charge in [-0.2, -0.15) is 0 Å². The lowest BCUT2D eigenvalue weighted by molar-refractivity contribution is -0.153. The highest BCUT2D eigenvalue weighted by molar-refractivity contribution is 5.86. The SMILES string of the molecule is CCCCC/C=C\C/C=C\CCCCCCCCOC(=O)[C@@H]1C[C@@H](NC(=O)CN(C)C)CN1C(=O)CCCCCCC/C=C\C/C=C\CCCCC. The summed E-state index contributed by atoms with van der Waals surface area (Å²) in [5.74, 6) is -0.433. The van der Waals surface area contributed by atoms with Crippen molar-refractivity contribution >= 4 is 17.8 Å². The van der Waals surface area contributed by atoms with E-state index in [2.05, 4.69) is 67.8 Å². The monoisotopic (exact) mass is 726 g/mol. The molecule has 0 radical (unpaired) electrons. The second kappa shape index (κ2) is 34.1. The van der Waals surface area contributed by atoms with E-state index in [4.69, 9.17) is 4.74 Å². The summed E-state index contributed by atoms with van der Waals surface area (Å²) in [6, 6.07) is -0.861. The summed E-state index contributed by atoms with van der Waals surface area (Å²) in [6.45, 7) is 5.50. The van der Waals surface area contributed by atoms with Crippen LogP contribution in [0.1, 0.15) is 174 Å². The Balaban J connectivity index is 2.30. The highest BCUT2D eigenvalue weighted by Gasteiger charge is 2.40. The Labute approximate surface area is 320 Å². The Morgan fingerprint density at radius 1 is 0.635 bits per heavy atom. The molecule has 1 saturated heterocycles. The first-order valence-electron chi connectivity index (χ1n) is 21.4. The number of carbonyl (C=O) groups excluding carboxylic acids is 3. The van der Waals surface area contributed by atoms with Gasteiger partial charge >= 0.3 is 5.97 Å². The second-order valence-corrected chi connectivity index (χ2v) is 15.0. The molecule has 2 amide bonds. The Kier molecular flexibility index (Phi) is 31.1. The van der Waals surface area contributed by atoms with Crippen LogP contribution in [-0.4, -0.2) is 73.5 Å². The van der Waals surface area contributed by atoms with Crippen molar-refractivity contribution in [3.63, 3.8) is 0 Å². The molecule has 7 nitrogen and oxygen atoms in total. The van der Waals surface area contributed by atoms with Gasteiger partial charge in [0.2, 0.25) is 11.8 Å². The zero-order chi connectivity index (χ0) is 37.9. The van der Waals surface area contributed by atoms with E-state index in [1.165, 1.54) is 83.5 Å². The van der Waals surface area contributed by atoms with E-state index >= 15 is 0 Å². The fourth-order valence-electron chi connectivity index (χ4n) is 6.59. The molecule has 0 unspecified atom stereocenters. The van der Waals surface area contributed by atoms with E-state index in [0.29, 0.717) is 26.0 Å². The molecular weight excluding hydrogens is 647 g/mol. The van der Waals surface area contributed by atoms with E-state index < -0.39 is 6.04 Å². The lowest BCUT2D eigenvalue weighted by Gasteiger charge is -2.23. The predicted octanol–water partition coefficient (Wildman–Crippen LogP) is 10.8. The van der Waals surface area contributed by atoms with Crippen molar-refractivity contribution in [2.75, 3.05) is 33.8 Å². The lowest BCUT2D eigenvalue weighted by Crippen LogP contribution is -2.43. The number of allylic oxidation sites excluding steroid dienone is 8. The average molecular weight is 726 g/mol. The fraction of sp³-hybridized carbons (Fsp3) is 0.756. The smallest absolute Gasteiger partial charge is 0.328 e. The van der Waals surface area contributed by atoms with E-state index in [1.807, 2.05) is 19.0 Å². The largest absolute Gasteiger partial charge is 0.464 e. The van der Waals surface area contributed by atoms with Crippen LogP contribution in [0, 0.1) is 0 Å². The molecule has 0 aromatic carbocycles. The third-order valence-electron chi connectivity index (χ3n) is 9.65. The minimum atomic E-state index is -0.625. The van der Waals surface area contributed by atoms with Crippen LogP contribution < -0.4 is 5.32 Å². The van der Waals surface area contributed by atoms with Crippen molar-refractivity contribution in [3.8, 4) is 0 Å². The quantitative estimate of drug-likeness (QED) is 0.0414. The third kappa shape index (κ3) is 27.0. The lowest BCUT2D eigenvalue weighted by atomic mass is 10.1. The Morgan fingerprint density at radius 3 is 1.60 bits per heavy atom. The molecule has 1 N–H and O–H groups in total. The van der Waals surface area contributed by atoms with Gasteiger partial charge < -0.3 is 19.9 Å². The van der Waals surface area contributed by atoms with Crippen LogP contribution in [0.2, 0.25) is 0 Å². The molecule has 1 heterocycles. The highest BCUT2D eigenvalue weighted by Crippen LogP contribution is 2.22.